The summed E-state index contributed by atoms with van der Waals surface area (Å²) < 4.78 is 4.94. The molecule has 1 aromatic rings. The largest absolute Gasteiger partial charge is 0.504 e. The second-order valence-corrected chi connectivity index (χ2v) is 4.11. The number of anilines is 1. The Kier molecular flexibility index (Phi) is 3.19. The normalized spacial score (nSPS) is 19.8. The van der Waals surface area contributed by atoms with E-state index in [4.69, 9.17) is 9.84 Å². The highest BCUT2D eigenvalue weighted by molar-refractivity contribution is 5.96. The maximum absolute atomic E-state index is 11.7. The van der Waals surface area contributed by atoms with Gasteiger partial charge in [0.15, 0.2) is 11.5 Å². The van der Waals surface area contributed by atoms with E-state index >= 15 is 0 Å². The maximum Gasteiger partial charge on any atom is 0.227 e. The summed E-state index contributed by atoms with van der Waals surface area (Å²) in [5.74, 6) is 0.324. The quantitative estimate of drug-likeness (QED) is 0.813. The van der Waals surface area contributed by atoms with E-state index in [2.05, 4.69) is 0 Å². The summed E-state index contributed by atoms with van der Waals surface area (Å²) in [7, 11) is 1.47. The number of carbonyl (C=O) groups excluding carboxylic acids is 1. The van der Waals surface area contributed by atoms with Gasteiger partial charge in [0, 0.05) is 37.2 Å². The van der Waals surface area contributed by atoms with Crippen LogP contribution in [-0.4, -0.2) is 36.4 Å². The minimum absolute atomic E-state index is 0.00434. The molecule has 92 valence electrons. The standard InChI is InChI=1S/C12H15NO4/c1-17-11-3-2-9(5-10(11)15)13-6-8(7-14)4-12(13)16/h2-3,5,8,14-15H,4,6-7H2,1H3. The molecule has 0 saturated carbocycles. The number of nitrogens with zero attached hydrogens (tertiary/aromatic N) is 1. The number of hydrogen-bond acceptors (Lipinski definition) is 4. The molecule has 1 aliphatic rings. The van der Waals surface area contributed by atoms with Gasteiger partial charge in [-0.15, -0.1) is 0 Å². The molecule has 0 radical (unpaired) electrons. The molecule has 5 nitrogen and oxygen atoms in total. The summed E-state index contributed by atoms with van der Waals surface area (Å²) in [4.78, 5) is 13.3. The highest BCUT2D eigenvalue weighted by atomic mass is 16.5. The van der Waals surface area contributed by atoms with Gasteiger partial charge in [0.05, 0.1) is 7.11 Å². The molecule has 1 aromatic carbocycles. The third-order valence-electron chi connectivity index (χ3n) is 2.94. The highest BCUT2D eigenvalue weighted by Crippen LogP contribution is 2.33. The third kappa shape index (κ3) is 2.19. The molecule has 0 bridgehead atoms. The first-order chi connectivity index (χ1) is 8.15. The molecule has 1 fully saturated rings. The number of carbonyl (C=O) groups is 1. The van der Waals surface area contributed by atoms with E-state index in [1.165, 1.54) is 13.2 Å². The van der Waals surface area contributed by atoms with E-state index in [-0.39, 0.29) is 24.2 Å². The summed E-state index contributed by atoms with van der Waals surface area (Å²) in [5.41, 5.74) is 0.629. The second kappa shape index (κ2) is 4.63. The fourth-order valence-electron chi connectivity index (χ4n) is 2.00. The number of rotatable bonds is 3. The van der Waals surface area contributed by atoms with E-state index < -0.39 is 0 Å². The van der Waals surface area contributed by atoms with Gasteiger partial charge < -0.3 is 19.8 Å². The van der Waals surface area contributed by atoms with Crippen molar-refractivity contribution in [1.29, 1.82) is 0 Å². The summed E-state index contributed by atoms with van der Waals surface area (Å²) >= 11 is 0. The van der Waals surface area contributed by atoms with Crippen LogP contribution in [0.1, 0.15) is 6.42 Å². The number of amides is 1. The number of ether oxygens (including phenoxy) is 1. The van der Waals surface area contributed by atoms with Crippen LogP contribution < -0.4 is 9.64 Å². The van der Waals surface area contributed by atoms with E-state index in [0.29, 0.717) is 24.4 Å². The molecule has 1 aliphatic heterocycles. The zero-order valence-corrected chi connectivity index (χ0v) is 9.59. The third-order valence-corrected chi connectivity index (χ3v) is 2.94. The number of phenolic OH excluding ortho intramolecular Hbond substituents is 1. The van der Waals surface area contributed by atoms with E-state index in [0.717, 1.165) is 0 Å². The Morgan fingerprint density at radius 3 is 2.82 bits per heavy atom. The first kappa shape index (κ1) is 11.7. The van der Waals surface area contributed by atoms with Crippen molar-refractivity contribution in [2.75, 3.05) is 25.2 Å². The second-order valence-electron chi connectivity index (χ2n) is 4.11. The van der Waals surface area contributed by atoms with Gasteiger partial charge in [0.25, 0.3) is 0 Å². The lowest BCUT2D eigenvalue weighted by molar-refractivity contribution is -0.117. The van der Waals surface area contributed by atoms with Crippen molar-refractivity contribution in [3.8, 4) is 11.5 Å². The van der Waals surface area contributed by atoms with Gasteiger partial charge in [-0.25, -0.2) is 0 Å². The number of methoxy groups -OCH3 is 1. The predicted octanol–water partition coefficient (Wildman–Crippen LogP) is 0.746. The molecule has 2 rings (SSSR count). The topological polar surface area (TPSA) is 70.0 Å². The van der Waals surface area contributed by atoms with Gasteiger partial charge in [-0.05, 0) is 12.1 Å². The lowest BCUT2D eigenvalue weighted by Crippen LogP contribution is -2.24. The number of aromatic hydroxyl groups is 1. The van der Waals surface area contributed by atoms with Gasteiger partial charge in [0.1, 0.15) is 0 Å². The molecular weight excluding hydrogens is 222 g/mol. The summed E-state index contributed by atoms with van der Waals surface area (Å²) in [6.07, 6.45) is 0.350. The predicted molar refractivity (Wildman–Crippen MR) is 62.2 cm³/mol. The van der Waals surface area contributed by atoms with E-state index in [1.807, 2.05) is 0 Å². The number of benzene rings is 1. The van der Waals surface area contributed by atoms with Crippen LogP contribution in [0.4, 0.5) is 5.69 Å². The van der Waals surface area contributed by atoms with Crippen LogP contribution in [0.15, 0.2) is 18.2 Å². The Bertz CT molecular complexity index is 433. The van der Waals surface area contributed by atoms with Gasteiger partial charge >= 0.3 is 0 Å². The number of phenols is 1. The molecule has 5 heteroatoms. The van der Waals surface area contributed by atoms with Crippen LogP contribution in [0.5, 0.6) is 11.5 Å². The van der Waals surface area contributed by atoms with Gasteiger partial charge in [0.2, 0.25) is 5.91 Å². The molecule has 1 saturated heterocycles. The van der Waals surface area contributed by atoms with Gasteiger partial charge in [-0.3, -0.25) is 4.79 Å². The number of hydrogen-bond donors (Lipinski definition) is 2. The minimum atomic E-state index is -0.0337. The monoisotopic (exact) mass is 237 g/mol. The molecule has 1 amide bonds. The van der Waals surface area contributed by atoms with Crippen molar-refractivity contribution in [1.82, 2.24) is 0 Å². The zero-order valence-electron chi connectivity index (χ0n) is 9.59. The first-order valence-electron chi connectivity index (χ1n) is 5.44. The van der Waals surface area contributed by atoms with Crippen molar-refractivity contribution in [2.24, 2.45) is 5.92 Å². The molecule has 2 N–H and O–H groups in total. The molecular formula is C12H15NO4. The number of aliphatic hydroxyl groups excluding tert-OH is 1. The molecule has 0 aromatic heterocycles. The van der Waals surface area contributed by atoms with Crippen molar-refractivity contribution >= 4 is 11.6 Å². The van der Waals surface area contributed by atoms with Crippen LogP contribution in [-0.2, 0) is 4.79 Å². The van der Waals surface area contributed by atoms with Crippen molar-refractivity contribution in [2.45, 2.75) is 6.42 Å². The Morgan fingerprint density at radius 1 is 1.53 bits per heavy atom. The smallest absolute Gasteiger partial charge is 0.227 e. The van der Waals surface area contributed by atoms with Crippen molar-refractivity contribution in [3.05, 3.63) is 18.2 Å². The number of aliphatic hydroxyl groups is 1. The highest BCUT2D eigenvalue weighted by Gasteiger charge is 2.30. The Balaban J connectivity index is 2.23. The summed E-state index contributed by atoms with van der Waals surface area (Å²) in [6.45, 7) is 0.492. The molecule has 17 heavy (non-hydrogen) atoms. The maximum atomic E-state index is 11.7. The van der Waals surface area contributed by atoms with Crippen LogP contribution in [0.25, 0.3) is 0 Å². The Morgan fingerprint density at radius 2 is 2.29 bits per heavy atom. The van der Waals surface area contributed by atoms with Crippen LogP contribution >= 0.6 is 0 Å². The van der Waals surface area contributed by atoms with Crippen LogP contribution in [0, 0.1) is 5.92 Å². The minimum Gasteiger partial charge on any atom is -0.504 e. The SMILES string of the molecule is COc1ccc(N2CC(CO)CC2=O)cc1O. The van der Waals surface area contributed by atoms with E-state index in [1.54, 1.807) is 17.0 Å². The summed E-state index contributed by atoms with van der Waals surface area (Å²) in [5, 5.41) is 18.7. The van der Waals surface area contributed by atoms with Gasteiger partial charge in [-0.1, -0.05) is 0 Å². The lowest BCUT2D eigenvalue weighted by atomic mass is 10.1. The Labute approximate surface area is 99.2 Å². The van der Waals surface area contributed by atoms with E-state index in [9.17, 15) is 9.90 Å². The van der Waals surface area contributed by atoms with Gasteiger partial charge in [-0.2, -0.15) is 0 Å². The fraction of sp³-hybridized carbons (Fsp3) is 0.417. The Hall–Kier alpha value is -1.75. The van der Waals surface area contributed by atoms with Crippen molar-refractivity contribution in [3.63, 3.8) is 0 Å². The lowest BCUT2D eigenvalue weighted by Gasteiger charge is -2.17. The molecule has 0 spiro atoms. The van der Waals surface area contributed by atoms with Crippen molar-refractivity contribution < 1.29 is 19.7 Å². The summed E-state index contributed by atoms with van der Waals surface area (Å²) in [6, 6.07) is 4.83. The molecule has 1 unspecified atom stereocenters. The van der Waals surface area contributed by atoms with Crippen LogP contribution in [0.3, 0.4) is 0 Å². The average Bonchev–Trinajstić information content (AvgIpc) is 2.70. The fourth-order valence-corrected chi connectivity index (χ4v) is 2.00. The average molecular weight is 237 g/mol. The first-order valence-corrected chi connectivity index (χ1v) is 5.44. The molecule has 0 aliphatic carbocycles. The van der Waals surface area contributed by atoms with Crippen LogP contribution in [0.2, 0.25) is 0 Å². The molecule has 1 heterocycles. The molecule has 1 atom stereocenters. The zero-order chi connectivity index (χ0) is 12.4.